The van der Waals surface area contributed by atoms with Crippen LogP contribution in [0.1, 0.15) is 41.7 Å². The summed E-state index contributed by atoms with van der Waals surface area (Å²) in [7, 11) is 0. The lowest BCUT2D eigenvalue weighted by atomic mass is 10.1. The molecule has 4 nitrogen and oxygen atoms in total. The van der Waals surface area contributed by atoms with Crippen molar-refractivity contribution in [3.8, 4) is 0 Å². The zero-order chi connectivity index (χ0) is 19.6. The maximum atomic E-state index is 13.3. The summed E-state index contributed by atoms with van der Waals surface area (Å²) >= 11 is 6.02. The standard InChI is InChI=1S/C18H18ClF4N3O/c19-15-11-12(20)5-6-14(15)17(27)26(13-3-1-2-4-13)10-9-25-8-7-16(24-25)18(21,22)23/h5-8,11,13H,1-4,9-10H2. The van der Waals surface area contributed by atoms with Crippen LogP contribution in [0.4, 0.5) is 17.6 Å². The Hall–Kier alpha value is -2.09. The van der Waals surface area contributed by atoms with Crippen molar-refractivity contribution in [1.29, 1.82) is 0 Å². The fraction of sp³-hybridized carbons (Fsp3) is 0.444. The number of halogens is 5. The van der Waals surface area contributed by atoms with E-state index in [1.54, 1.807) is 4.90 Å². The van der Waals surface area contributed by atoms with E-state index in [9.17, 15) is 22.4 Å². The molecule has 0 unspecified atom stereocenters. The number of hydrogen-bond donors (Lipinski definition) is 0. The molecule has 9 heteroatoms. The molecular weight excluding hydrogens is 386 g/mol. The summed E-state index contributed by atoms with van der Waals surface area (Å²) in [5.41, 5.74) is -0.788. The molecule has 27 heavy (non-hydrogen) atoms. The molecule has 0 aliphatic heterocycles. The first-order valence-corrected chi connectivity index (χ1v) is 9.00. The Balaban J connectivity index is 1.77. The lowest BCUT2D eigenvalue weighted by molar-refractivity contribution is -0.141. The SMILES string of the molecule is O=C(c1ccc(F)cc1Cl)N(CCn1ccc(C(F)(F)F)n1)C1CCCC1. The number of aromatic nitrogens is 2. The van der Waals surface area contributed by atoms with E-state index in [4.69, 9.17) is 11.6 Å². The van der Waals surface area contributed by atoms with Crippen LogP contribution >= 0.6 is 11.6 Å². The summed E-state index contributed by atoms with van der Waals surface area (Å²) in [5.74, 6) is -0.893. The molecule has 1 aromatic heterocycles. The topological polar surface area (TPSA) is 38.1 Å². The van der Waals surface area contributed by atoms with Crippen LogP contribution in [0.15, 0.2) is 30.5 Å². The fourth-order valence-corrected chi connectivity index (χ4v) is 3.58. The molecule has 0 spiro atoms. The van der Waals surface area contributed by atoms with Crippen molar-refractivity contribution in [2.75, 3.05) is 6.54 Å². The summed E-state index contributed by atoms with van der Waals surface area (Å²) in [6.07, 6.45) is 0.324. The van der Waals surface area contributed by atoms with E-state index in [1.807, 2.05) is 0 Å². The van der Waals surface area contributed by atoms with E-state index in [1.165, 1.54) is 16.9 Å². The smallest absolute Gasteiger partial charge is 0.334 e. The highest BCUT2D eigenvalue weighted by Crippen LogP contribution is 2.28. The maximum absolute atomic E-state index is 13.3. The number of hydrogen-bond acceptors (Lipinski definition) is 2. The Labute approximate surface area is 158 Å². The molecule has 1 aliphatic carbocycles. The van der Waals surface area contributed by atoms with Crippen molar-refractivity contribution >= 4 is 17.5 Å². The summed E-state index contributed by atoms with van der Waals surface area (Å²) in [6, 6.07) is 4.45. The van der Waals surface area contributed by atoms with Crippen LogP contribution in [0.5, 0.6) is 0 Å². The molecule has 1 heterocycles. The molecule has 0 N–H and O–H groups in total. The van der Waals surface area contributed by atoms with Crippen molar-refractivity contribution in [3.63, 3.8) is 0 Å². The molecule has 0 atom stereocenters. The van der Waals surface area contributed by atoms with E-state index in [0.29, 0.717) is 0 Å². The van der Waals surface area contributed by atoms with E-state index in [2.05, 4.69) is 5.10 Å². The van der Waals surface area contributed by atoms with Gasteiger partial charge in [-0.15, -0.1) is 0 Å². The molecule has 2 aromatic rings. The minimum atomic E-state index is -4.51. The van der Waals surface area contributed by atoms with E-state index < -0.39 is 17.7 Å². The summed E-state index contributed by atoms with van der Waals surface area (Å²) in [4.78, 5) is 14.6. The Bertz CT molecular complexity index is 815. The maximum Gasteiger partial charge on any atom is 0.435 e. The monoisotopic (exact) mass is 403 g/mol. The van der Waals surface area contributed by atoms with Gasteiger partial charge in [-0.05, 0) is 37.1 Å². The number of nitrogens with zero attached hydrogens (tertiary/aromatic N) is 3. The molecule has 1 fully saturated rings. The van der Waals surface area contributed by atoms with Gasteiger partial charge in [0.15, 0.2) is 5.69 Å². The first-order chi connectivity index (χ1) is 12.8. The van der Waals surface area contributed by atoms with Gasteiger partial charge in [0.1, 0.15) is 5.82 Å². The molecule has 0 radical (unpaired) electrons. The van der Waals surface area contributed by atoms with E-state index in [0.717, 1.165) is 43.9 Å². The van der Waals surface area contributed by atoms with Gasteiger partial charge in [-0.1, -0.05) is 24.4 Å². The Morgan fingerprint density at radius 2 is 1.96 bits per heavy atom. The lowest BCUT2D eigenvalue weighted by Crippen LogP contribution is -2.41. The molecule has 1 amide bonds. The molecule has 3 rings (SSSR count). The van der Waals surface area contributed by atoms with E-state index in [-0.39, 0.29) is 35.6 Å². The summed E-state index contributed by atoms with van der Waals surface area (Å²) < 4.78 is 52.5. The fourth-order valence-electron chi connectivity index (χ4n) is 3.33. The molecule has 1 aromatic carbocycles. The molecule has 1 aliphatic rings. The molecule has 146 valence electrons. The second-order valence-electron chi connectivity index (χ2n) is 6.52. The number of alkyl halides is 3. The van der Waals surface area contributed by atoms with Crippen LogP contribution in [0, 0.1) is 5.82 Å². The Kier molecular flexibility index (Phi) is 5.74. The Morgan fingerprint density at radius 3 is 2.56 bits per heavy atom. The number of benzene rings is 1. The normalized spacial score (nSPS) is 15.3. The van der Waals surface area contributed by atoms with Gasteiger partial charge in [0.2, 0.25) is 0 Å². The van der Waals surface area contributed by atoms with Gasteiger partial charge in [-0.25, -0.2) is 4.39 Å². The molecule has 1 saturated carbocycles. The largest absolute Gasteiger partial charge is 0.435 e. The third-order valence-electron chi connectivity index (χ3n) is 4.69. The van der Waals surface area contributed by atoms with Crippen LogP contribution < -0.4 is 0 Å². The van der Waals surface area contributed by atoms with Gasteiger partial charge in [-0.2, -0.15) is 18.3 Å². The average Bonchev–Trinajstić information content (AvgIpc) is 3.26. The quantitative estimate of drug-likeness (QED) is 0.674. The zero-order valence-corrected chi connectivity index (χ0v) is 15.1. The van der Waals surface area contributed by atoms with Gasteiger partial charge >= 0.3 is 6.18 Å². The summed E-state index contributed by atoms with van der Waals surface area (Å²) in [6.45, 7) is 0.313. The van der Waals surface area contributed by atoms with Gasteiger partial charge in [0, 0.05) is 18.8 Å². The highest BCUT2D eigenvalue weighted by Gasteiger charge is 2.34. The third-order valence-corrected chi connectivity index (χ3v) is 5.00. The van der Waals surface area contributed by atoms with Gasteiger partial charge in [0.05, 0.1) is 17.1 Å². The van der Waals surface area contributed by atoms with Crippen LogP contribution in [0.25, 0.3) is 0 Å². The number of carbonyl (C=O) groups is 1. The van der Waals surface area contributed by atoms with Crippen molar-refractivity contribution in [2.24, 2.45) is 0 Å². The molecule has 0 saturated heterocycles. The van der Waals surface area contributed by atoms with Gasteiger partial charge in [-0.3, -0.25) is 9.48 Å². The van der Waals surface area contributed by atoms with Crippen LogP contribution in [-0.2, 0) is 12.7 Å². The second kappa shape index (κ2) is 7.88. The minimum Gasteiger partial charge on any atom is -0.334 e. The van der Waals surface area contributed by atoms with Gasteiger partial charge < -0.3 is 4.90 Å². The van der Waals surface area contributed by atoms with Crippen LogP contribution in [-0.4, -0.2) is 33.2 Å². The second-order valence-corrected chi connectivity index (χ2v) is 6.93. The number of carbonyl (C=O) groups excluding carboxylic acids is 1. The third kappa shape index (κ3) is 4.61. The van der Waals surface area contributed by atoms with Crippen molar-refractivity contribution in [3.05, 3.63) is 52.6 Å². The van der Waals surface area contributed by atoms with Crippen molar-refractivity contribution in [2.45, 2.75) is 44.4 Å². The zero-order valence-electron chi connectivity index (χ0n) is 14.3. The highest BCUT2D eigenvalue weighted by atomic mass is 35.5. The van der Waals surface area contributed by atoms with Crippen molar-refractivity contribution in [1.82, 2.24) is 14.7 Å². The molecular formula is C18H18ClF4N3O. The van der Waals surface area contributed by atoms with Crippen molar-refractivity contribution < 1.29 is 22.4 Å². The predicted molar refractivity (Wildman–Crippen MR) is 91.9 cm³/mol. The first kappa shape index (κ1) is 19.7. The molecule has 0 bridgehead atoms. The minimum absolute atomic E-state index is 0.0152. The number of amides is 1. The van der Waals surface area contributed by atoms with Gasteiger partial charge in [0.25, 0.3) is 5.91 Å². The highest BCUT2D eigenvalue weighted by molar-refractivity contribution is 6.33. The lowest BCUT2D eigenvalue weighted by Gasteiger charge is -2.29. The first-order valence-electron chi connectivity index (χ1n) is 8.62. The number of rotatable bonds is 5. The van der Waals surface area contributed by atoms with E-state index >= 15 is 0 Å². The van der Waals surface area contributed by atoms with Crippen LogP contribution in [0.3, 0.4) is 0 Å². The summed E-state index contributed by atoms with van der Waals surface area (Å²) in [5, 5.41) is 3.53. The predicted octanol–water partition coefficient (Wildman–Crippen LogP) is 4.78. The average molecular weight is 404 g/mol. The Morgan fingerprint density at radius 1 is 1.26 bits per heavy atom. The van der Waals surface area contributed by atoms with Crippen LogP contribution in [0.2, 0.25) is 5.02 Å².